The summed E-state index contributed by atoms with van der Waals surface area (Å²) in [5, 5.41) is 0. The minimum Gasteiger partial charge on any atom is -0.227 e. The van der Waals surface area contributed by atoms with Gasteiger partial charge >= 0.3 is 18.3 Å². The Labute approximate surface area is 123 Å². The minimum atomic E-state index is -6.61. The third-order valence-corrected chi connectivity index (χ3v) is 3.74. The molecule has 0 aliphatic carbocycles. The first-order valence-corrected chi connectivity index (χ1v) is 6.79. The molecular formula is C10H12F9I. The van der Waals surface area contributed by atoms with Gasteiger partial charge in [-0.05, 0) is 6.42 Å². The second-order valence-electron chi connectivity index (χ2n) is 4.31. The van der Waals surface area contributed by atoms with Crippen molar-refractivity contribution in [1.82, 2.24) is 0 Å². The topological polar surface area (TPSA) is 0 Å². The molecule has 0 amide bonds. The highest BCUT2D eigenvalue weighted by molar-refractivity contribution is 14.1. The van der Waals surface area contributed by atoms with Crippen molar-refractivity contribution in [3.8, 4) is 0 Å². The summed E-state index contributed by atoms with van der Waals surface area (Å²) in [4.78, 5) is 0. The van der Waals surface area contributed by atoms with Crippen LogP contribution in [-0.4, -0.2) is 27.9 Å². The Bertz CT molecular complexity index is 309. The molecule has 0 radical (unpaired) electrons. The SMILES string of the molecule is CCCCC(I)CC(F)(C(F)(F)F)C(F)(F)C(F)(F)F. The van der Waals surface area contributed by atoms with E-state index in [0.29, 0.717) is 12.8 Å². The van der Waals surface area contributed by atoms with E-state index in [9.17, 15) is 39.5 Å². The zero-order valence-corrected chi connectivity index (χ0v) is 12.3. The summed E-state index contributed by atoms with van der Waals surface area (Å²) in [7, 11) is 0. The van der Waals surface area contributed by atoms with Crippen molar-refractivity contribution < 1.29 is 39.5 Å². The Balaban J connectivity index is 5.45. The summed E-state index contributed by atoms with van der Waals surface area (Å²) in [6.07, 6.45) is -14.1. The molecule has 0 nitrogen and oxygen atoms in total. The van der Waals surface area contributed by atoms with Crippen molar-refractivity contribution in [3.05, 3.63) is 0 Å². The molecule has 0 N–H and O–H groups in total. The summed E-state index contributed by atoms with van der Waals surface area (Å²) in [6.45, 7) is 1.65. The normalized spacial score (nSPS) is 18.8. The van der Waals surface area contributed by atoms with Crippen LogP contribution in [0.3, 0.4) is 0 Å². The van der Waals surface area contributed by atoms with Gasteiger partial charge in [-0.3, -0.25) is 0 Å². The van der Waals surface area contributed by atoms with Crippen LogP contribution in [0.15, 0.2) is 0 Å². The number of unbranched alkanes of at least 4 members (excludes halogenated alkanes) is 1. The average Bonchev–Trinajstić information content (AvgIpc) is 2.22. The van der Waals surface area contributed by atoms with Gasteiger partial charge in [-0.25, -0.2) is 4.39 Å². The number of halogens is 10. The fourth-order valence-electron chi connectivity index (χ4n) is 1.48. The number of rotatable bonds is 6. The van der Waals surface area contributed by atoms with Gasteiger partial charge in [0, 0.05) is 10.3 Å². The molecule has 2 unspecified atom stereocenters. The standard InChI is InChI=1S/C10H12F9I/c1-2-3-4-6(20)5-7(11,9(14,15)16)8(12,13)10(17,18)19/h6H,2-5H2,1H3. The minimum absolute atomic E-state index is 0.0766. The Morgan fingerprint density at radius 1 is 0.850 bits per heavy atom. The first-order chi connectivity index (χ1) is 8.70. The van der Waals surface area contributed by atoms with Crippen LogP contribution in [0.5, 0.6) is 0 Å². The van der Waals surface area contributed by atoms with Gasteiger partial charge in [-0.2, -0.15) is 35.1 Å². The highest BCUT2D eigenvalue weighted by Crippen LogP contribution is 2.55. The van der Waals surface area contributed by atoms with Crippen molar-refractivity contribution in [2.24, 2.45) is 0 Å². The Morgan fingerprint density at radius 3 is 1.60 bits per heavy atom. The fourth-order valence-corrected chi connectivity index (χ4v) is 2.53. The summed E-state index contributed by atoms with van der Waals surface area (Å²) >= 11 is 1.26. The van der Waals surface area contributed by atoms with Crippen molar-refractivity contribution in [3.63, 3.8) is 0 Å². The quantitative estimate of drug-likeness (QED) is 0.282. The number of hydrogen-bond donors (Lipinski definition) is 0. The summed E-state index contributed by atoms with van der Waals surface area (Å²) in [6, 6.07) is 0. The largest absolute Gasteiger partial charge is 0.457 e. The highest BCUT2D eigenvalue weighted by Gasteiger charge is 2.80. The lowest BCUT2D eigenvalue weighted by Crippen LogP contribution is -2.62. The fraction of sp³-hybridized carbons (Fsp3) is 1.00. The van der Waals surface area contributed by atoms with Crippen LogP contribution in [-0.2, 0) is 0 Å². The lowest BCUT2D eigenvalue weighted by Gasteiger charge is -2.37. The van der Waals surface area contributed by atoms with Crippen molar-refractivity contribution in [1.29, 1.82) is 0 Å². The maximum absolute atomic E-state index is 13.7. The monoisotopic (exact) mass is 430 g/mol. The van der Waals surface area contributed by atoms with E-state index in [-0.39, 0.29) is 6.42 Å². The van der Waals surface area contributed by atoms with Crippen LogP contribution in [0.4, 0.5) is 39.5 Å². The summed E-state index contributed by atoms with van der Waals surface area (Å²) < 4.78 is 112. The lowest BCUT2D eigenvalue weighted by atomic mass is 9.89. The van der Waals surface area contributed by atoms with Crippen LogP contribution < -0.4 is 0 Å². The molecule has 0 heterocycles. The van der Waals surface area contributed by atoms with E-state index in [2.05, 4.69) is 0 Å². The zero-order valence-electron chi connectivity index (χ0n) is 10.2. The zero-order chi connectivity index (χ0) is 16.4. The Kier molecular flexibility index (Phi) is 6.50. The van der Waals surface area contributed by atoms with Gasteiger partial charge in [0.1, 0.15) is 0 Å². The molecule has 10 heteroatoms. The van der Waals surface area contributed by atoms with E-state index >= 15 is 0 Å². The van der Waals surface area contributed by atoms with Crippen molar-refractivity contribution >= 4 is 22.6 Å². The lowest BCUT2D eigenvalue weighted by molar-refractivity contribution is -0.384. The molecule has 0 saturated heterocycles. The maximum atomic E-state index is 13.7. The first-order valence-electron chi connectivity index (χ1n) is 5.55. The van der Waals surface area contributed by atoms with Crippen molar-refractivity contribution in [2.45, 2.75) is 60.5 Å². The molecule has 122 valence electrons. The molecule has 0 aromatic carbocycles. The number of hydrogen-bond acceptors (Lipinski definition) is 0. The van der Waals surface area contributed by atoms with Crippen LogP contribution in [0.2, 0.25) is 0 Å². The molecule has 0 bridgehead atoms. The van der Waals surface area contributed by atoms with E-state index < -0.39 is 34.3 Å². The van der Waals surface area contributed by atoms with E-state index in [0.717, 1.165) is 0 Å². The van der Waals surface area contributed by atoms with Crippen LogP contribution in [0, 0.1) is 0 Å². The van der Waals surface area contributed by atoms with E-state index in [1.165, 1.54) is 22.6 Å². The van der Waals surface area contributed by atoms with Gasteiger partial charge in [-0.15, -0.1) is 0 Å². The summed E-state index contributed by atoms with van der Waals surface area (Å²) in [5.74, 6) is -6.49. The van der Waals surface area contributed by atoms with Gasteiger partial charge in [-0.1, -0.05) is 42.4 Å². The predicted molar refractivity (Wildman–Crippen MR) is 62.8 cm³/mol. The molecule has 0 aliphatic heterocycles. The second kappa shape index (κ2) is 6.47. The van der Waals surface area contributed by atoms with E-state index in [1.54, 1.807) is 6.92 Å². The third kappa shape index (κ3) is 4.06. The maximum Gasteiger partial charge on any atom is 0.457 e. The molecule has 0 aromatic rings. The summed E-state index contributed by atoms with van der Waals surface area (Å²) in [5.41, 5.74) is -5.63. The average molecular weight is 430 g/mol. The predicted octanol–water partition coefficient (Wildman–Crippen LogP) is 5.84. The molecule has 0 spiro atoms. The van der Waals surface area contributed by atoms with Gasteiger partial charge < -0.3 is 0 Å². The molecule has 0 rings (SSSR count). The van der Waals surface area contributed by atoms with Crippen molar-refractivity contribution in [2.75, 3.05) is 0 Å². The second-order valence-corrected chi connectivity index (χ2v) is 6.08. The number of alkyl halides is 10. The molecule has 2 atom stereocenters. The molecule has 0 fully saturated rings. The molecule has 0 aliphatic rings. The van der Waals surface area contributed by atoms with Gasteiger partial charge in [0.05, 0.1) is 0 Å². The molecule has 0 aromatic heterocycles. The Morgan fingerprint density at radius 2 is 1.30 bits per heavy atom. The van der Waals surface area contributed by atoms with Crippen LogP contribution in [0.25, 0.3) is 0 Å². The van der Waals surface area contributed by atoms with Crippen LogP contribution >= 0.6 is 22.6 Å². The van der Waals surface area contributed by atoms with E-state index in [1.807, 2.05) is 0 Å². The smallest absolute Gasteiger partial charge is 0.227 e. The third-order valence-electron chi connectivity index (χ3n) is 2.68. The molecular weight excluding hydrogens is 418 g/mol. The van der Waals surface area contributed by atoms with Gasteiger partial charge in [0.25, 0.3) is 5.67 Å². The van der Waals surface area contributed by atoms with Crippen LogP contribution in [0.1, 0.15) is 32.6 Å². The first kappa shape index (κ1) is 20.1. The highest BCUT2D eigenvalue weighted by atomic mass is 127. The van der Waals surface area contributed by atoms with E-state index in [4.69, 9.17) is 0 Å². The Hall–Kier alpha value is 0.1000. The molecule has 0 saturated carbocycles. The van der Waals surface area contributed by atoms with Gasteiger partial charge in [0.2, 0.25) is 0 Å². The van der Waals surface area contributed by atoms with Gasteiger partial charge in [0.15, 0.2) is 0 Å². The molecule has 20 heavy (non-hydrogen) atoms.